The van der Waals surface area contributed by atoms with Crippen molar-refractivity contribution >= 4 is 0 Å². The summed E-state index contributed by atoms with van der Waals surface area (Å²) in [6.45, 7) is 3.94. The van der Waals surface area contributed by atoms with Crippen molar-refractivity contribution < 1.29 is 23.0 Å². The van der Waals surface area contributed by atoms with Crippen molar-refractivity contribution in [1.29, 1.82) is 0 Å². The third-order valence-corrected chi connectivity index (χ3v) is 5.09. The summed E-state index contributed by atoms with van der Waals surface area (Å²) < 4.78 is 44.5. The van der Waals surface area contributed by atoms with Crippen LogP contribution in [0.1, 0.15) is 49.0 Å². The molecule has 0 saturated heterocycles. The van der Waals surface area contributed by atoms with Crippen LogP contribution >= 0.6 is 0 Å². The smallest absolute Gasteiger partial charge is 0.416 e. The number of unbranched alkanes of at least 4 members (excludes halogenated alkanes) is 1. The van der Waals surface area contributed by atoms with Crippen molar-refractivity contribution in [1.82, 2.24) is 0 Å². The molecule has 0 aromatic heterocycles. The lowest BCUT2D eigenvalue weighted by atomic mass is 9.98. The third kappa shape index (κ3) is 5.35. The van der Waals surface area contributed by atoms with E-state index in [0.29, 0.717) is 5.75 Å². The molecule has 0 aliphatic rings. The number of ether oxygens (including phenoxy) is 1. The molecule has 0 aliphatic carbocycles. The highest BCUT2D eigenvalue weighted by atomic mass is 19.4. The molecule has 1 N–H and O–H groups in total. The van der Waals surface area contributed by atoms with Crippen LogP contribution in [0.5, 0.6) is 11.5 Å². The van der Waals surface area contributed by atoms with Gasteiger partial charge >= 0.3 is 6.18 Å². The molecule has 158 valence electrons. The van der Waals surface area contributed by atoms with Gasteiger partial charge in [0, 0.05) is 0 Å². The number of benzene rings is 3. The molecule has 3 aromatic rings. The number of phenolic OH excluding ortho intramolecular Hbond substituents is 1. The van der Waals surface area contributed by atoms with Gasteiger partial charge < -0.3 is 9.84 Å². The van der Waals surface area contributed by atoms with Gasteiger partial charge in [-0.15, -0.1) is 0 Å². The van der Waals surface area contributed by atoms with Gasteiger partial charge in [0.25, 0.3) is 0 Å². The van der Waals surface area contributed by atoms with Crippen molar-refractivity contribution in [2.45, 2.75) is 45.4 Å². The molecule has 0 spiro atoms. The number of hydrogen-bond donors (Lipinski definition) is 1. The van der Waals surface area contributed by atoms with Crippen molar-refractivity contribution in [2.24, 2.45) is 0 Å². The molecule has 0 amide bonds. The zero-order valence-electron chi connectivity index (χ0n) is 17.0. The zero-order valence-corrected chi connectivity index (χ0v) is 17.0. The lowest BCUT2D eigenvalue weighted by molar-refractivity contribution is -0.137. The molecule has 3 rings (SSSR count). The number of halogens is 3. The van der Waals surface area contributed by atoms with E-state index in [0.717, 1.165) is 53.6 Å². The van der Waals surface area contributed by atoms with Gasteiger partial charge in [-0.25, -0.2) is 0 Å². The maximum atomic E-state index is 12.8. The van der Waals surface area contributed by atoms with Gasteiger partial charge in [0.05, 0.1) is 5.56 Å². The van der Waals surface area contributed by atoms with Crippen molar-refractivity contribution in [2.75, 3.05) is 0 Å². The molecule has 0 fully saturated rings. The van der Waals surface area contributed by atoms with E-state index in [1.54, 1.807) is 12.1 Å². The van der Waals surface area contributed by atoms with Gasteiger partial charge in [-0.3, -0.25) is 0 Å². The molecule has 0 saturated carbocycles. The molecule has 5 heteroatoms. The number of alkyl halides is 3. The zero-order chi connectivity index (χ0) is 21.7. The maximum absolute atomic E-state index is 12.8. The molecule has 0 bridgehead atoms. The van der Waals surface area contributed by atoms with E-state index >= 15 is 0 Å². The number of aryl methyl sites for hydroxylation is 1. The number of hydrogen-bond acceptors (Lipinski definition) is 2. The SMILES string of the molecule is CCCCC(Oc1ccc(O)c(C)c1)c1ccc(-c2ccc(C(F)(F)F)cc2)cc1. The molecule has 1 atom stereocenters. The van der Waals surface area contributed by atoms with Crippen LogP contribution in [0.3, 0.4) is 0 Å². The Morgan fingerprint density at radius 2 is 1.50 bits per heavy atom. The van der Waals surface area contributed by atoms with Crippen molar-refractivity contribution in [3.05, 3.63) is 83.4 Å². The lowest BCUT2D eigenvalue weighted by Gasteiger charge is -2.20. The molecule has 30 heavy (non-hydrogen) atoms. The fraction of sp³-hybridized carbons (Fsp3) is 0.280. The first-order valence-electron chi connectivity index (χ1n) is 10.0. The highest BCUT2D eigenvalue weighted by Crippen LogP contribution is 2.33. The monoisotopic (exact) mass is 414 g/mol. The average Bonchev–Trinajstić information content (AvgIpc) is 2.73. The fourth-order valence-corrected chi connectivity index (χ4v) is 3.29. The Kier molecular flexibility index (Phi) is 6.70. The Bertz CT molecular complexity index is 961. The minimum Gasteiger partial charge on any atom is -0.508 e. The van der Waals surface area contributed by atoms with E-state index in [1.807, 2.05) is 37.3 Å². The number of rotatable bonds is 7. The fourth-order valence-electron chi connectivity index (χ4n) is 3.29. The highest BCUT2D eigenvalue weighted by Gasteiger charge is 2.29. The number of aromatic hydroxyl groups is 1. The second-order valence-corrected chi connectivity index (χ2v) is 7.39. The largest absolute Gasteiger partial charge is 0.508 e. The Labute approximate surface area is 175 Å². The van der Waals surface area contributed by atoms with Crippen LogP contribution < -0.4 is 4.74 Å². The van der Waals surface area contributed by atoms with E-state index in [1.165, 1.54) is 12.1 Å². The summed E-state index contributed by atoms with van der Waals surface area (Å²) >= 11 is 0. The molecule has 3 aromatic carbocycles. The Hall–Kier alpha value is -2.95. The quantitative estimate of drug-likeness (QED) is 0.429. The first-order valence-corrected chi connectivity index (χ1v) is 10.0. The van der Waals surface area contributed by atoms with E-state index in [-0.39, 0.29) is 11.9 Å². The normalized spacial score (nSPS) is 12.6. The number of phenols is 1. The summed E-state index contributed by atoms with van der Waals surface area (Å²) in [5, 5.41) is 9.72. The predicted octanol–water partition coefficient (Wildman–Crippen LogP) is 7.70. The standard InChI is InChI=1S/C25H25F3O2/c1-3-4-5-24(30-22-14-15-23(29)17(2)16-22)20-8-6-18(7-9-20)19-10-12-21(13-11-19)25(26,27)28/h6-16,24,29H,3-5H2,1-2H3. The van der Waals surface area contributed by atoms with Crippen LogP contribution in [0, 0.1) is 6.92 Å². The first kappa shape index (κ1) is 21.8. The summed E-state index contributed by atoms with van der Waals surface area (Å²) in [4.78, 5) is 0. The molecular weight excluding hydrogens is 389 g/mol. The van der Waals surface area contributed by atoms with E-state index in [2.05, 4.69) is 6.92 Å². The van der Waals surface area contributed by atoms with Crippen LogP contribution in [0.2, 0.25) is 0 Å². The second-order valence-electron chi connectivity index (χ2n) is 7.39. The maximum Gasteiger partial charge on any atom is 0.416 e. The first-order chi connectivity index (χ1) is 14.3. The van der Waals surface area contributed by atoms with Gasteiger partial charge in [-0.05, 0) is 72.4 Å². The summed E-state index contributed by atoms with van der Waals surface area (Å²) in [6.07, 6.45) is -1.59. The molecule has 0 radical (unpaired) electrons. The van der Waals surface area contributed by atoms with Gasteiger partial charge in [0.2, 0.25) is 0 Å². The molecule has 1 unspecified atom stereocenters. The lowest BCUT2D eigenvalue weighted by Crippen LogP contribution is -2.08. The molecule has 2 nitrogen and oxygen atoms in total. The average molecular weight is 414 g/mol. The van der Waals surface area contributed by atoms with Gasteiger partial charge in [-0.2, -0.15) is 13.2 Å². The Morgan fingerprint density at radius 1 is 0.900 bits per heavy atom. The highest BCUT2D eigenvalue weighted by molar-refractivity contribution is 5.64. The van der Waals surface area contributed by atoms with Gasteiger partial charge in [-0.1, -0.05) is 49.7 Å². The van der Waals surface area contributed by atoms with Gasteiger partial charge in [0.1, 0.15) is 17.6 Å². The van der Waals surface area contributed by atoms with Crippen LogP contribution in [0.15, 0.2) is 66.7 Å². The van der Waals surface area contributed by atoms with Crippen LogP contribution in [0.4, 0.5) is 13.2 Å². The molecular formula is C25H25F3O2. The molecule has 0 aliphatic heterocycles. The Morgan fingerprint density at radius 3 is 2.03 bits per heavy atom. The summed E-state index contributed by atoms with van der Waals surface area (Å²) in [5.74, 6) is 0.923. The third-order valence-electron chi connectivity index (χ3n) is 5.09. The summed E-state index contributed by atoms with van der Waals surface area (Å²) in [6, 6.07) is 18.1. The van der Waals surface area contributed by atoms with Crippen LogP contribution in [-0.4, -0.2) is 5.11 Å². The second kappa shape index (κ2) is 9.24. The van der Waals surface area contributed by atoms with Crippen molar-refractivity contribution in [3.63, 3.8) is 0 Å². The minimum atomic E-state index is -4.33. The van der Waals surface area contributed by atoms with Gasteiger partial charge in [0.15, 0.2) is 0 Å². The topological polar surface area (TPSA) is 29.5 Å². The van der Waals surface area contributed by atoms with Crippen LogP contribution in [-0.2, 0) is 6.18 Å². The molecule has 0 heterocycles. The summed E-state index contributed by atoms with van der Waals surface area (Å²) in [5.41, 5.74) is 2.68. The Balaban J connectivity index is 1.80. The van der Waals surface area contributed by atoms with E-state index in [4.69, 9.17) is 4.74 Å². The minimum absolute atomic E-state index is 0.143. The van der Waals surface area contributed by atoms with Crippen molar-refractivity contribution in [3.8, 4) is 22.6 Å². The van der Waals surface area contributed by atoms with Crippen LogP contribution in [0.25, 0.3) is 11.1 Å². The summed E-state index contributed by atoms with van der Waals surface area (Å²) in [7, 11) is 0. The van der Waals surface area contributed by atoms with E-state index in [9.17, 15) is 18.3 Å². The predicted molar refractivity (Wildman–Crippen MR) is 113 cm³/mol. The van der Waals surface area contributed by atoms with E-state index < -0.39 is 11.7 Å².